The van der Waals surface area contributed by atoms with Gasteiger partial charge in [0.25, 0.3) is 5.91 Å². The molecule has 1 aliphatic heterocycles. The van der Waals surface area contributed by atoms with Gasteiger partial charge in [0.05, 0.1) is 16.4 Å². The summed E-state index contributed by atoms with van der Waals surface area (Å²) in [5, 5.41) is 3.78. The molecular formula is C16H15ClFN5O4S. The predicted molar refractivity (Wildman–Crippen MR) is 102 cm³/mol. The lowest BCUT2D eigenvalue weighted by atomic mass is 9.95. The Bertz CT molecular complexity index is 1190. The van der Waals surface area contributed by atoms with Crippen molar-refractivity contribution in [1.29, 1.82) is 0 Å². The van der Waals surface area contributed by atoms with E-state index in [0.29, 0.717) is 4.57 Å². The van der Waals surface area contributed by atoms with E-state index in [4.69, 9.17) is 34.4 Å². The lowest BCUT2D eigenvalue weighted by Gasteiger charge is -2.16. The molecule has 0 saturated heterocycles. The topological polar surface area (TPSA) is 114 Å². The molecule has 1 unspecified atom stereocenters. The highest BCUT2D eigenvalue weighted by molar-refractivity contribution is 7.71. The molecule has 0 aliphatic carbocycles. The number of carbonyl (C=O) groups is 1. The Labute approximate surface area is 167 Å². The third kappa shape index (κ3) is 2.96. The van der Waals surface area contributed by atoms with Crippen molar-refractivity contribution in [3.8, 4) is 5.69 Å². The van der Waals surface area contributed by atoms with E-state index in [0.717, 1.165) is 15.2 Å². The SMILES string of the molecule is Cn1c(=S)n(C)c(=O)n(-c2cc(C3=NOC(C)(C(N)=O)C3)c(Cl)cc2F)c1=O. The number of carbonyl (C=O) groups excluding carboxylic acids is 1. The molecule has 1 aromatic carbocycles. The Kier molecular flexibility index (Phi) is 4.76. The highest BCUT2D eigenvalue weighted by atomic mass is 35.5. The molecular weight excluding hydrogens is 413 g/mol. The fraction of sp³-hybridized carbons (Fsp3) is 0.312. The maximum atomic E-state index is 14.6. The summed E-state index contributed by atoms with van der Waals surface area (Å²) in [6, 6.07) is 2.14. The highest BCUT2D eigenvalue weighted by Gasteiger charge is 2.41. The smallest absolute Gasteiger partial charge is 0.338 e. The van der Waals surface area contributed by atoms with Crippen LogP contribution in [0.15, 0.2) is 26.9 Å². The van der Waals surface area contributed by atoms with E-state index in [2.05, 4.69) is 5.16 Å². The molecule has 0 fully saturated rings. The van der Waals surface area contributed by atoms with Crippen LogP contribution >= 0.6 is 23.8 Å². The van der Waals surface area contributed by atoms with Gasteiger partial charge in [-0.1, -0.05) is 16.8 Å². The Morgan fingerprint density at radius 3 is 2.39 bits per heavy atom. The van der Waals surface area contributed by atoms with Crippen LogP contribution < -0.4 is 17.1 Å². The second kappa shape index (κ2) is 6.67. The van der Waals surface area contributed by atoms with Gasteiger partial charge in [-0.25, -0.2) is 18.5 Å². The number of primary amides is 1. The van der Waals surface area contributed by atoms with Gasteiger partial charge >= 0.3 is 11.4 Å². The molecule has 1 aliphatic rings. The molecule has 3 rings (SSSR count). The molecule has 2 heterocycles. The van der Waals surface area contributed by atoms with E-state index in [1.54, 1.807) is 0 Å². The van der Waals surface area contributed by atoms with Gasteiger partial charge in [0.15, 0.2) is 4.77 Å². The normalized spacial score (nSPS) is 18.7. The van der Waals surface area contributed by atoms with Gasteiger partial charge in [-0.2, -0.15) is 0 Å². The number of aromatic nitrogens is 3. The van der Waals surface area contributed by atoms with Crippen molar-refractivity contribution in [3.05, 3.63) is 54.3 Å². The molecule has 1 aromatic heterocycles. The van der Waals surface area contributed by atoms with Crippen LogP contribution in [0.1, 0.15) is 18.9 Å². The largest absolute Gasteiger partial charge is 0.379 e. The molecule has 0 radical (unpaired) electrons. The van der Waals surface area contributed by atoms with E-state index < -0.39 is 28.7 Å². The molecule has 1 amide bonds. The molecule has 2 N–H and O–H groups in total. The van der Waals surface area contributed by atoms with Crippen molar-refractivity contribution in [2.45, 2.75) is 18.9 Å². The number of benzene rings is 1. The van der Waals surface area contributed by atoms with E-state index in [1.807, 2.05) is 0 Å². The maximum absolute atomic E-state index is 14.6. The number of halogens is 2. The third-order valence-corrected chi connectivity index (χ3v) is 5.36. The van der Waals surface area contributed by atoms with Crippen LogP contribution in [0.3, 0.4) is 0 Å². The summed E-state index contributed by atoms with van der Waals surface area (Å²) in [4.78, 5) is 41.8. The first-order valence-corrected chi connectivity index (χ1v) is 8.70. The van der Waals surface area contributed by atoms with Gasteiger partial charge in [-0.05, 0) is 31.3 Å². The standard InChI is InChI=1S/C16H15ClFN5O4S/c1-16(12(19)24)6-10(20-27-16)7-4-11(9(18)5-8(7)17)23-13(25)21(2)15(28)22(3)14(23)26/h4-5H,6H2,1-3H3,(H2,19,24). The monoisotopic (exact) mass is 427 g/mol. The molecule has 0 saturated carbocycles. The van der Waals surface area contributed by atoms with E-state index >= 15 is 0 Å². The quantitative estimate of drug-likeness (QED) is 0.726. The first kappa shape index (κ1) is 20.0. The van der Waals surface area contributed by atoms with Crippen LogP contribution in [0.25, 0.3) is 5.69 Å². The van der Waals surface area contributed by atoms with Crippen LogP contribution in [0.4, 0.5) is 4.39 Å². The van der Waals surface area contributed by atoms with Crippen LogP contribution in [0.5, 0.6) is 0 Å². The van der Waals surface area contributed by atoms with Crippen molar-refractivity contribution in [3.63, 3.8) is 0 Å². The first-order chi connectivity index (χ1) is 13.0. The maximum Gasteiger partial charge on any atom is 0.338 e. The fourth-order valence-corrected chi connectivity index (χ4v) is 3.14. The van der Waals surface area contributed by atoms with Gasteiger partial charge in [0, 0.05) is 26.1 Å². The number of hydrogen-bond acceptors (Lipinski definition) is 6. The van der Waals surface area contributed by atoms with Crippen molar-refractivity contribution < 1.29 is 14.0 Å². The molecule has 1 atom stereocenters. The minimum atomic E-state index is -1.38. The first-order valence-electron chi connectivity index (χ1n) is 7.91. The van der Waals surface area contributed by atoms with E-state index in [9.17, 15) is 18.8 Å². The number of oxime groups is 1. The van der Waals surface area contributed by atoms with Crippen LogP contribution in [0, 0.1) is 10.6 Å². The summed E-state index contributed by atoms with van der Waals surface area (Å²) < 4.78 is 17.3. The Balaban J connectivity index is 2.24. The van der Waals surface area contributed by atoms with Gasteiger partial charge in [0.2, 0.25) is 5.60 Å². The summed E-state index contributed by atoms with van der Waals surface area (Å²) in [7, 11) is 2.73. The molecule has 0 bridgehead atoms. The number of amides is 1. The summed E-state index contributed by atoms with van der Waals surface area (Å²) in [5.41, 5.74) is 2.36. The number of rotatable bonds is 3. The second-order valence-corrected chi connectivity index (χ2v) is 7.26. The zero-order valence-electron chi connectivity index (χ0n) is 15.0. The molecule has 12 heteroatoms. The van der Waals surface area contributed by atoms with E-state index in [1.165, 1.54) is 27.1 Å². The summed E-state index contributed by atoms with van der Waals surface area (Å²) >= 11 is 11.1. The molecule has 2 aromatic rings. The minimum absolute atomic E-state index is 0.0150. The minimum Gasteiger partial charge on any atom is -0.379 e. The summed E-state index contributed by atoms with van der Waals surface area (Å²) in [6.45, 7) is 1.45. The molecule has 9 nitrogen and oxygen atoms in total. The Morgan fingerprint density at radius 1 is 1.32 bits per heavy atom. The second-order valence-electron chi connectivity index (χ2n) is 6.49. The Morgan fingerprint density at radius 2 is 1.89 bits per heavy atom. The predicted octanol–water partition coefficient (Wildman–Crippen LogP) is 0.765. The van der Waals surface area contributed by atoms with Crippen LogP contribution in [-0.2, 0) is 23.7 Å². The van der Waals surface area contributed by atoms with Crippen molar-refractivity contribution in [2.24, 2.45) is 25.0 Å². The lowest BCUT2D eigenvalue weighted by Crippen LogP contribution is -2.44. The van der Waals surface area contributed by atoms with Gasteiger partial charge in [0.1, 0.15) is 5.82 Å². The average Bonchev–Trinajstić information content (AvgIpc) is 3.03. The summed E-state index contributed by atoms with van der Waals surface area (Å²) in [5.74, 6) is -1.63. The Hall–Kier alpha value is -2.79. The van der Waals surface area contributed by atoms with Crippen molar-refractivity contribution in [2.75, 3.05) is 0 Å². The lowest BCUT2D eigenvalue weighted by molar-refractivity contribution is -0.138. The van der Waals surface area contributed by atoms with Gasteiger partial charge < -0.3 is 10.6 Å². The molecule has 148 valence electrons. The van der Waals surface area contributed by atoms with Gasteiger partial charge in [-0.15, -0.1) is 0 Å². The van der Waals surface area contributed by atoms with Crippen LogP contribution in [0.2, 0.25) is 5.02 Å². The highest BCUT2D eigenvalue weighted by Crippen LogP contribution is 2.31. The third-order valence-electron chi connectivity index (χ3n) is 4.50. The number of hydrogen-bond donors (Lipinski definition) is 1. The fourth-order valence-electron chi connectivity index (χ4n) is 2.72. The van der Waals surface area contributed by atoms with E-state index in [-0.39, 0.29) is 33.2 Å². The zero-order valence-corrected chi connectivity index (χ0v) is 16.6. The number of nitrogens with zero attached hydrogens (tertiary/aromatic N) is 4. The number of nitrogens with two attached hydrogens (primary N) is 1. The molecule has 0 spiro atoms. The van der Waals surface area contributed by atoms with Crippen molar-refractivity contribution >= 4 is 35.4 Å². The molecule has 28 heavy (non-hydrogen) atoms. The van der Waals surface area contributed by atoms with Gasteiger partial charge in [-0.3, -0.25) is 13.9 Å². The zero-order chi connectivity index (χ0) is 21.0. The van der Waals surface area contributed by atoms with Crippen LogP contribution in [-0.4, -0.2) is 30.9 Å². The van der Waals surface area contributed by atoms with Crippen molar-refractivity contribution in [1.82, 2.24) is 13.7 Å². The summed E-state index contributed by atoms with van der Waals surface area (Å²) in [6.07, 6.45) is -0.0150. The average molecular weight is 428 g/mol.